The highest BCUT2D eigenvalue weighted by Crippen LogP contribution is 2.28. The largest absolute Gasteiger partial charge is 0.377 e. The minimum Gasteiger partial charge on any atom is -0.377 e. The summed E-state index contributed by atoms with van der Waals surface area (Å²) >= 11 is 3.40. The first-order chi connectivity index (χ1) is 13.7. The van der Waals surface area contributed by atoms with E-state index in [0.29, 0.717) is 19.7 Å². The smallest absolute Gasteiger partial charge is 0.321 e. The second kappa shape index (κ2) is 8.28. The molecule has 2 aromatic heterocycles. The van der Waals surface area contributed by atoms with Crippen LogP contribution < -0.4 is 5.32 Å². The lowest BCUT2D eigenvalue weighted by Gasteiger charge is -2.33. The van der Waals surface area contributed by atoms with Crippen LogP contribution in [0.5, 0.6) is 0 Å². The lowest BCUT2D eigenvalue weighted by Crippen LogP contribution is -2.41. The van der Waals surface area contributed by atoms with Gasteiger partial charge in [-0.2, -0.15) is 0 Å². The van der Waals surface area contributed by atoms with Crippen molar-refractivity contribution in [3.63, 3.8) is 0 Å². The number of rotatable bonds is 4. The lowest BCUT2D eigenvalue weighted by molar-refractivity contribution is 0.162. The SMILES string of the molecule is COCc1nc2cccnc2n1C1CCN(C(=O)Nc2ccc(Br)cc2)CC1. The molecular weight excluding hydrogens is 422 g/mol. The molecule has 0 unspecified atom stereocenters. The van der Waals surface area contributed by atoms with Gasteiger partial charge in [0.15, 0.2) is 5.65 Å². The lowest BCUT2D eigenvalue weighted by atomic mass is 10.0. The van der Waals surface area contributed by atoms with Crippen LogP contribution in [0.2, 0.25) is 0 Å². The summed E-state index contributed by atoms with van der Waals surface area (Å²) in [6, 6.07) is 11.6. The summed E-state index contributed by atoms with van der Waals surface area (Å²) in [4.78, 5) is 23.6. The van der Waals surface area contributed by atoms with E-state index in [2.05, 4.69) is 35.8 Å². The van der Waals surface area contributed by atoms with Gasteiger partial charge >= 0.3 is 6.03 Å². The van der Waals surface area contributed by atoms with Crippen LogP contribution in [0.3, 0.4) is 0 Å². The average molecular weight is 444 g/mol. The normalized spacial score (nSPS) is 15.1. The Kier molecular flexibility index (Phi) is 5.59. The Morgan fingerprint density at radius 3 is 2.71 bits per heavy atom. The summed E-state index contributed by atoms with van der Waals surface area (Å²) < 4.78 is 8.50. The number of nitrogens with zero attached hydrogens (tertiary/aromatic N) is 4. The Morgan fingerprint density at radius 2 is 2.00 bits per heavy atom. The number of piperidine rings is 1. The number of benzene rings is 1. The standard InChI is InChI=1S/C20H22BrN5O2/c1-28-13-18-24-17-3-2-10-22-19(17)26(18)16-8-11-25(12-9-16)20(27)23-15-6-4-14(21)5-7-15/h2-7,10,16H,8-9,11-13H2,1H3,(H,23,27). The molecule has 2 amide bonds. The second-order valence-electron chi connectivity index (χ2n) is 6.83. The number of anilines is 1. The highest BCUT2D eigenvalue weighted by atomic mass is 79.9. The Morgan fingerprint density at radius 1 is 1.25 bits per heavy atom. The van der Waals surface area contributed by atoms with Gasteiger partial charge in [0, 0.05) is 42.6 Å². The third kappa shape index (κ3) is 3.88. The van der Waals surface area contributed by atoms with Crippen molar-refractivity contribution in [1.82, 2.24) is 19.4 Å². The molecule has 1 N–H and O–H groups in total. The molecule has 7 nitrogen and oxygen atoms in total. The highest BCUT2D eigenvalue weighted by molar-refractivity contribution is 9.10. The van der Waals surface area contributed by atoms with E-state index in [1.54, 1.807) is 13.3 Å². The maximum Gasteiger partial charge on any atom is 0.321 e. The fraction of sp³-hybridized carbons (Fsp3) is 0.350. The summed E-state index contributed by atoms with van der Waals surface area (Å²) in [5.74, 6) is 0.883. The van der Waals surface area contributed by atoms with Crippen LogP contribution in [-0.4, -0.2) is 45.7 Å². The summed E-state index contributed by atoms with van der Waals surface area (Å²) in [6.45, 7) is 1.82. The third-order valence-electron chi connectivity index (χ3n) is 5.01. The van der Waals surface area contributed by atoms with Gasteiger partial charge < -0.3 is 19.5 Å². The first kappa shape index (κ1) is 18.9. The Balaban J connectivity index is 1.45. The maximum absolute atomic E-state index is 12.6. The molecule has 146 valence electrons. The molecule has 3 aromatic rings. The molecule has 8 heteroatoms. The predicted molar refractivity (Wildman–Crippen MR) is 111 cm³/mol. The number of fused-ring (bicyclic) bond motifs is 1. The van der Waals surface area contributed by atoms with Crippen LogP contribution in [0.1, 0.15) is 24.7 Å². The fourth-order valence-corrected chi connectivity index (χ4v) is 3.92. The monoisotopic (exact) mass is 443 g/mol. The third-order valence-corrected chi connectivity index (χ3v) is 5.54. The zero-order valence-corrected chi connectivity index (χ0v) is 17.2. The molecule has 4 rings (SSSR count). The Hall–Kier alpha value is -2.45. The van der Waals surface area contributed by atoms with Gasteiger partial charge in [-0.05, 0) is 49.2 Å². The number of carbonyl (C=O) groups is 1. The number of hydrogen-bond acceptors (Lipinski definition) is 4. The summed E-state index contributed by atoms with van der Waals surface area (Å²) in [6.07, 6.45) is 3.50. The van der Waals surface area contributed by atoms with Crippen molar-refractivity contribution in [1.29, 1.82) is 0 Å². The maximum atomic E-state index is 12.6. The van der Waals surface area contributed by atoms with E-state index < -0.39 is 0 Å². The van der Waals surface area contributed by atoms with Gasteiger partial charge in [0.25, 0.3) is 0 Å². The number of likely N-dealkylation sites (tertiary alicyclic amines) is 1. The summed E-state index contributed by atoms with van der Waals surface area (Å²) in [5.41, 5.74) is 2.56. The van der Waals surface area contributed by atoms with E-state index in [-0.39, 0.29) is 12.1 Å². The Labute approximate surface area is 171 Å². The van der Waals surface area contributed by atoms with Crippen LogP contribution in [0.15, 0.2) is 47.1 Å². The number of amides is 2. The van der Waals surface area contributed by atoms with Crippen molar-refractivity contribution in [2.45, 2.75) is 25.5 Å². The number of pyridine rings is 1. The van der Waals surface area contributed by atoms with Crippen LogP contribution in [-0.2, 0) is 11.3 Å². The highest BCUT2D eigenvalue weighted by Gasteiger charge is 2.27. The van der Waals surface area contributed by atoms with Crippen molar-refractivity contribution in [2.24, 2.45) is 0 Å². The summed E-state index contributed by atoms with van der Waals surface area (Å²) in [7, 11) is 1.67. The van der Waals surface area contributed by atoms with Crippen molar-refractivity contribution in [2.75, 3.05) is 25.5 Å². The van der Waals surface area contributed by atoms with E-state index in [9.17, 15) is 4.79 Å². The number of methoxy groups -OCH3 is 1. The predicted octanol–water partition coefficient (Wildman–Crippen LogP) is 4.21. The first-order valence-electron chi connectivity index (χ1n) is 9.28. The molecule has 1 aromatic carbocycles. The van der Waals surface area contributed by atoms with Crippen molar-refractivity contribution in [3.8, 4) is 0 Å². The van der Waals surface area contributed by atoms with Gasteiger partial charge in [-0.1, -0.05) is 15.9 Å². The van der Waals surface area contributed by atoms with Gasteiger partial charge in [0.1, 0.15) is 17.9 Å². The quantitative estimate of drug-likeness (QED) is 0.655. The van der Waals surface area contributed by atoms with Crippen LogP contribution in [0.25, 0.3) is 11.2 Å². The molecule has 0 spiro atoms. The van der Waals surface area contributed by atoms with E-state index >= 15 is 0 Å². The molecular formula is C20H22BrN5O2. The van der Waals surface area contributed by atoms with Gasteiger partial charge in [-0.15, -0.1) is 0 Å². The van der Waals surface area contributed by atoms with Gasteiger partial charge in [-0.3, -0.25) is 0 Å². The number of halogens is 1. The molecule has 1 saturated heterocycles. The molecule has 3 heterocycles. The molecule has 0 atom stereocenters. The van der Waals surface area contributed by atoms with Gasteiger partial charge in [-0.25, -0.2) is 14.8 Å². The number of nitrogens with one attached hydrogen (secondary N) is 1. The fourth-order valence-electron chi connectivity index (χ4n) is 3.65. The van der Waals surface area contributed by atoms with E-state index in [1.807, 2.05) is 41.3 Å². The summed E-state index contributed by atoms with van der Waals surface area (Å²) in [5, 5.41) is 2.96. The molecule has 1 fully saturated rings. The number of aromatic nitrogens is 3. The minimum atomic E-state index is -0.0634. The van der Waals surface area contributed by atoms with E-state index in [1.165, 1.54) is 0 Å². The number of imidazole rings is 1. The molecule has 0 radical (unpaired) electrons. The first-order valence-corrected chi connectivity index (χ1v) is 10.1. The molecule has 0 bridgehead atoms. The zero-order valence-electron chi connectivity index (χ0n) is 15.6. The number of ether oxygens (including phenoxy) is 1. The molecule has 0 saturated carbocycles. The number of urea groups is 1. The average Bonchev–Trinajstić information content (AvgIpc) is 3.08. The number of carbonyl (C=O) groups excluding carboxylic acids is 1. The van der Waals surface area contributed by atoms with Crippen LogP contribution in [0.4, 0.5) is 10.5 Å². The molecule has 1 aliphatic rings. The van der Waals surface area contributed by atoms with Crippen LogP contribution >= 0.6 is 15.9 Å². The molecule has 0 aliphatic carbocycles. The van der Waals surface area contributed by atoms with Crippen LogP contribution in [0, 0.1) is 0 Å². The molecule has 1 aliphatic heterocycles. The second-order valence-corrected chi connectivity index (χ2v) is 7.75. The molecule has 28 heavy (non-hydrogen) atoms. The van der Waals surface area contributed by atoms with Crippen molar-refractivity contribution >= 4 is 38.8 Å². The Bertz CT molecular complexity index is 964. The van der Waals surface area contributed by atoms with E-state index in [4.69, 9.17) is 4.74 Å². The zero-order chi connectivity index (χ0) is 19.5. The van der Waals surface area contributed by atoms with E-state index in [0.717, 1.165) is 40.0 Å². The van der Waals surface area contributed by atoms with Crippen molar-refractivity contribution < 1.29 is 9.53 Å². The number of hydrogen-bond donors (Lipinski definition) is 1. The van der Waals surface area contributed by atoms with Crippen molar-refractivity contribution in [3.05, 3.63) is 52.9 Å². The van der Waals surface area contributed by atoms with Gasteiger partial charge in [0.2, 0.25) is 0 Å². The van der Waals surface area contributed by atoms with Gasteiger partial charge in [0.05, 0.1) is 0 Å². The minimum absolute atomic E-state index is 0.0634. The topological polar surface area (TPSA) is 72.3 Å².